The zero-order valence-electron chi connectivity index (χ0n) is 58.5. The number of piperidine rings is 1. The van der Waals surface area contributed by atoms with Gasteiger partial charge in [0, 0.05) is 88.0 Å². The minimum absolute atomic E-state index is 0.0520. The first kappa shape index (κ1) is 81.1. The molecule has 1 fully saturated rings. The van der Waals surface area contributed by atoms with Gasteiger partial charge in [-0.2, -0.15) is 0 Å². The topological polar surface area (TPSA) is 351 Å². The van der Waals surface area contributed by atoms with Gasteiger partial charge in [-0.05, 0) is 118 Å². The van der Waals surface area contributed by atoms with Gasteiger partial charge in [0.1, 0.15) is 42.6 Å². The van der Waals surface area contributed by atoms with E-state index >= 15 is 0 Å². The molecule has 2 aliphatic rings. The lowest BCUT2D eigenvalue weighted by Crippen LogP contribution is -2.59. The van der Waals surface area contributed by atoms with Crippen LogP contribution in [0, 0.1) is 23.7 Å². The summed E-state index contributed by atoms with van der Waals surface area (Å²) >= 11 is 1.23. The number of carbonyl (C=O) groups excluding carboxylic acids is 11. The zero-order valence-corrected chi connectivity index (χ0v) is 59.3. The molecule has 10 amide bonds. The number of hydrogen-bond donors (Lipinski definition) is 8. The third-order valence-electron chi connectivity index (χ3n) is 17.6. The number of benzene rings is 2. The predicted octanol–water partition coefficient (Wildman–Crippen LogP) is 7.41. The molecule has 0 radical (unpaired) electrons. The Hall–Kier alpha value is -8.29. The van der Waals surface area contributed by atoms with Gasteiger partial charge in [-0.3, -0.25) is 57.6 Å². The van der Waals surface area contributed by atoms with Crippen molar-refractivity contribution < 1.29 is 72.1 Å². The molecule has 0 spiro atoms. The number of nitrogens with zero attached hydrogens (tertiary/aromatic N) is 3. The standard InChI is InChI=1S/C71H106N10O15S/c1-12-46(7)64(69(91)79(11)56(44(3)4)41-57(96-49(10)82)58(13-2)97-43-54(72)66(88)76-53(39-47(8)70(92)93)40-50-25-17-14-18-26-50)78-67(89)55-27-21-24-37-80(55)60(84)29-20-15-22-36-73-71(94)95-42-51-30-32-52(33-31-51)75-65(87)48(9)74-68(90)63(45(5)6)77-59(83)28-19-16-23-38-81-61(85)34-35-62(81)86/h14,17-18,25-26,30-35,43-48,53,55-58,63-64H,12-13,15-16,19-24,27-29,36-42,72H2,1-11H3,(H,73,94)(H,74,90)(H,75,87)(H,76,88)(H,77,83)(H,78,89)(H,92,93)/b54-43-/t46-,47-,48-,53+,55+,56+,57+,58?,63-,64?/m0/s1. The number of aliphatic carboxylic acids is 1. The summed E-state index contributed by atoms with van der Waals surface area (Å²) in [5, 5.41) is 27.6. The van der Waals surface area contributed by atoms with Crippen molar-refractivity contribution in [3.63, 3.8) is 0 Å². The number of carbonyl (C=O) groups is 12. The van der Waals surface area contributed by atoms with E-state index in [-0.39, 0.29) is 91.8 Å². The number of amides is 10. The molecule has 2 unspecified atom stereocenters. The van der Waals surface area contributed by atoms with Crippen LogP contribution < -0.4 is 37.6 Å². The molecule has 26 heteroatoms. The number of nitrogens with one attached hydrogen (secondary N) is 6. The van der Waals surface area contributed by atoms with Gasteiger partial charge in [-0.25, -0.2) is 4.79 Å². The van der Waals surface area contributed by atoms with Gasteiger partial charge in [0.25, 0.3) is 17.7 Å². The van der Waals surface area contributed by atoms with Gasteiger partial charge < -0.3 is 62.0 Å². The molecular formula is C71H106N10O15S. The molecule has 2 aromatic rings. The number of alkyl carbamates (subject to hydrolysis) is 1. The van der Waals surface area contributed by atoms with E-state index in [0.717, 1.165) is 23.3 Å². The number of likely N-dealkylation sites (tertiary alicyclic amines) is 1. The number of nitrogens with two attached hydrogens (primary N) is 1. The fraction of sp³-hybridized carbons (Fsp3) is 0.606. The van der Waals surface area contributed by atoms with Crippen molar-refractivity contribution in [2.24, 2.45) is 29.4 Å². The molecule has 0 aromatic heterocycles. The van der Waals surface area contributed by atoms with Gasteiger partial charge in [-0.1, -0.05) is 117 Å². The lowest BCUT2D eigenvalue weighted by molar-refractivity contribution is -0.149. The van der Waals surface area contributed by atoms with Crippen molar-refractivity contribution in [3.05, 3.63) is 89.0 Å². The largest absolute Gasteiger partial charge is 0.481 e. The minimum Gasteiger partial charge on any atom is -0.481 e. The first-order valence-electron chi connectivity index (χ1n) is 34.2. The Balaban J connectivity index is 1.22. The Kier molecular flexibility index (Phi) is 34.9. The molecular weight excluding hydrogens is 1260 g/mol. The summed E-state index contributed by atoms with van der Waals surface area (Å²) < 4.78 is 11.4. The highest BCUT2D eigenvalue weighted by atomic mass is 32.2. The molecule has 10 atom stereocenters. The Morgan fingerprint density at radius 1 is 0.742 bits per heavy atom. The van der Waals surface area contributed by atoms with Crippen molar-refractivity contribution in [3.8, 4) is 0 Å². The van der Waals surface area contributed by atoms with Crippen LogP contribution >= 0.6 is 11.8 Å². The number of unbranched alkanes of at least 4 members (excludes halogenated alkanes) is 4. The fourth-order valence-corrected chi connectivity index (χ4v) is 12.5. The number of carboxylic acid groups (broad SMARTS) is 1. The van der Waals surface area contributed by atoms with Crippen molar-refractivity contribution in [1.82, 2.24) is 41.3 Å². The molecule has 536 valence electrons. The maximum absolute atomic E-state index is 14.8. The first-order valence-corrected chi connectivity index (χ1v) is 35.2. The lowest BCUT2D eigenvalue weighted by atomic mass is 9.91. The summed E-state index contributed by atoms with van der Waals surface area (Å²) in [6.07, 6.45) is 8.45. The van der Waals surface area contributed by atoms with Crippen molar-refractivity contribution in [2.75, 3.05) is 32.0 Å². The second kappa shape index (κ2) is 41.7. The van der Waals surface area contributed by atoms with Gasteiger partial charge in [-0.15, -0.1) is 11.8 Å². The average molecular weight is 1370 g/mol. The van der Waals surface area contributed by atoms with Gasteiger partial charge in [0.2, 0.25) is 35.4 Å². The molecule has 2 aromatic carbocycles. The van der Waals surface area contributed by atoms with E-state index in [1.165, 1.54) is 43.2 Å². The molecule has 0 saturated carbocycles. The SMILES string of the molecule is CCC(S/C=C(\N)C(=O)N[C@@H](Cc1ccccc1)C[C@H](C)C(=O)O)[C@@H](C[C@H](C(C)C)N(C)C(=O)C(NC(=O)[C@H]1CCCCN1C(=O)CCCCCNC(=O)OCc1ccc(NC(=O)[C@H](C)NC(=O)[C@@H](NC(=O)CCCCCN2C(=O)C=CC2=O)C(C)C)cc1)[C@@H](C)CC)OC(C)=O. The van der Waals surface area contributed by atoms with Crippen LogP contribution in [0.3, 0.4) is 0 Å². The zero-order chi connectivity index (χ0) is 71.9. The van der Waals surface area contributed by atoms with E-state index in [4.69, 9.17) is 15.2 Å². The van der Waals surface area contributed by atoms with E-state index in [0.29, 0.717) is 88.5 Å². The smallest absolute Gasteiger partial charge is 0.407 e. The number of thioether (sulfide) groups is 1. The summed E-state index contributed by atoms with van der Waals surface area (Å²) in [7, 11) is 1.68. The quantitative estimate of drug-likeness (QED) is 0.0139. The molecule has 97 heavy (non-hydrogen) atoms. The maximum atomic E-state index is 14.8. The van der Waals surface area contributed by atoms with Crippen LogP contribution in [0.1, 0.15) is 177 Å². The summed E-state index contributed by atoms with van der Waals surface area (Å²) in [5.74, 6) is -6.48. The summed E-state index contributed by atoms with van der Waals surface area (Å²) in [6.45, 7) is 18.5. The van der Waals surface area contributed by atoms with Crippen LogP contribution in [0.15, 0.2) is 77.9 Å². The highest BCUT2D eigenvalue weighted by Crippen LogP contribution is 2.30. The molecule has 0 aliphatic carbocycles. The molecule has 1 saturated heterocycles. The lowest BCUT2D eigenvalue weighted by Gasteiger charge is -2.39. The Morgan fingerprint density at radius 2 is 1.40 bits per heavy atom. The maximum Gasteiger partial charge on any atom is 0.407 e. The van der Waals surface area contributed by atoms with Gasteiger partial charge in [0.15, 0.2) is 0 Å². The van der Waals surface area contributed by atoms with Gasteiger partial charge >= 0.3 is 18.0 Å². The Labute approximate surface area is 576 Å². The van der Waals surface area contributed by atoms with E-state index in [2.05, 4.69) is 31.9 Å². The summed E-state index contributed by atoms with van der Waals surface area (Å²) in [4.78, 5) is 160. The van der Waals surface area contributed by atoms with Gasteiger partial charge in [0.05, 0.1) is 5.92 Å². The highest BCUT2D eigenvalue weighted by Gasteiger charge is 2.40. The number of anilines is 1. The molecule has 0 bridgehead atoms. The van der Waals surface area contributed by atoms with Crippen LogP contribution in [0.5, 0.6) is 0 Å². The molecule has 9 N–H and O–H groups in total. The van der Waals surface area contributed by atoms with E-state index in [1.807, 2.05) is 65.0 Å². The number of likely N-dealkylation sites (N-methyl/N-ethyl adjacent to an activating group) is 1. The van der Waals surface area contributed by atoms with Crippen molar-refractivity contribution in [1.29, 1.82) is 0 Å². The monoisotopic (exact) mass is 1370 g/mol. The second-order valence-corrected chi connectivity index (χ2v) is 27.2. The minimum atomic E-state index is -0.982. The molecule has 25 nitrogen and oxygen atoms in total. The van der Waals surface area contributed by atoms with E-state index in [9.17, 15) is 62.6 Å². The Morgan fingerprint density at radius 3 is 2.02 bits per heavy atom. The third-order valence-corrected chi connectivity index (χ3v) is 19.0. The fourth-order valence-electron chi connectivity index (χ4n) is 11.6. The molecule has 4 rings (SSSR count). The normalized spacial score (nSPS) is 16.8. The van der Waals surface area contributed by atoms with Crippen molar-refractivity contribution in [2.45, 2.75) is 226 Å². The first-order chi connectivity index (χ1) is 46.0. The number of imide groups is 1. The van der Waals surface area contributed by atoms with E-state index in [1.54, 1.807) is 61.9 Å². The molecule has 2 aliphatic heterocycles. The number of ether oxygens (including phenoxy) is 2. The van der Waals surface area contributed by atoms with Crippen molar-refractivity contribution >= 4 is 88.6 Å². The average Bonchev–Trinajstić information content (AvgIpc) is 1.50. The van der Waals surface area contributed by atoms with Crippen LogP contribution in [0.4, 0.5) is 10.5 Å². The summed E-state index contributed by atoms with van der Waals surface area (Å²) in [5.41, 5.74) is 8.27. The van der Waals surface area contributed by atoms with Crippen LogP contribution in [0.25, 0.3) is 0 Å². The van der Waals surface area contributed by atoms with Crippen LogP contribution in [0.2, 0.25) is 0 Å². The molecule has 2 heterocycles. The van der Waals surface area contributed by atoms with E-state index < -0.39 is 95.2 Å². The van der Waals surface area contributed by atoms with Crippen LogP contribution in [-0.2, 0) is 75.2 Å². The number of hydrogen-bond acceptors (Lipinski definition) is 16. The van der Waals surface area contributed by atoms with Crippen LogP contribution in [-0.4, -0.2) is 165 Å². The number of carboxylic acids is 1. The number of rotatable bonds is 41. The number of esters is 1. The Bertz CT molecular complexity index is 3020. The summed E-state index contributed by atoms with van der Waals surface area (Å²) in [6, 6.07) is 11.5. The predicted molar refractivity (Wildman–Crippen MR) is 370 cm³/mol. The second-order valence-electron chi connectivity index (χ2n) is 26.1. The third kappa shape index (κ3) is 27.6. The highest BCUT2D eigenvalue weighted by molar-refractivity contribution is 8.02.